The minimum Gasteiger partial charge on any atom is -0.308 e. The van der Waals surface area contributed by atoms with Crippen LogP contribution in [0.1, 0.15) is 35.7 Å². The lowest BCUT2D eigenvalue weighted by Gasteiger charge is -2.08. The number of aromatic amines is 1. The Hall–Kier alpha value is -4.73. The highest BCUT2D eigenvalue weighted by Gasteiger charge is 2.25. The average molecular weight is 477 g/mol. The molecule has 0 saturated heterocycles. The summed E-state index contributed by atoms with van der Waals surface area (Å²) in [7, 11) is 0. The summed E-state index contributed by atoms with van der Waals surface area (Å²) in [6, 6.07) is 14.3. The van der Waals surface area contributed by atoms with E-state index in [0.717, 1.165) is 39.7 Å². The number of aromatic nitrogens is 9. The van der Waals surface area contributed by atoms with Crippen molar-refractivity contribution < 1.29 is 0 Å². The molecule has 1 fully saturated rings. The molecule has 10 heteroatoms. The molecule has 0 spiro atoms. The van der Waals surface area contributed by atoms with Gasteiger partial charge in [0, 0.05) is 54.1 Å². The van der Waals surface area contributed by atoms with Crippen LogP contribution in [-0.4, -0.2) is 44.1 Å². The highest BCUT2D eigenvalue weighted by atomic mass is 15.3. The van der Waals surface area contributed by atoms with Crippen LogP contribution in [-0.2, 0) is 6.54 Å². The number of imidazole rings is 1. The van der Waals surface area contributed by atoms with Crippen molar-refractivity contribution in [2.45, 2.75) is 32.2 Å². The number of anilines is 2. The zero-order valence-electron chi connectivity index (χ0n) is 19.7. The fourth-order valence-corrected chi connectivity index (χ4v) is 4.41. The monoisotopic (exact) mass is 476 g/mol. The van der Waals surface area contributed by atoms with Gasteiger partial charge in [0.15, 0.2) is 5.82 Å². The third-order valence-corrected chi connectivity index (χ3v) is 6.41. The maximum atomic E-state index is 4.90. The fourth-order valence-electron chi connectivity index (χ4n) is 4.41. The quantitative estimate of drug-likeness (QED) is 0.352. The van der Waals surface area contributed by atoms with Crippen LogP contribution in [0.3, 0.4) is 0 Å². The second-order valence-corrected chi connectivity index (χ2v) is 9.23. The summed E-state index contributed by atoms with van der Waals surface area (Å²) in [6.45, 7) is 2.64. The van der Waals surface area contributed by atoms with Gasteiger partial charge in [-0.25, -0.2) is 14.6 Å². The van der Waals surface area contributed by atoms with Crippen molar-refractivity contribution in [3.63, 3.8) is 0 Å². The van der Waals surface area contributed by atoms with Gasteiger partial charge in [0.1, 0.15) is 5.65 Å². The molecule has 0 bridgehead atoms. The molecule has 0 aliphatic heterocycles. The lowest BCUT2D eigenvalue weighted by Crippen LogP contribution is -2.03. The largest absolute Gasteiger partial charge is 0.308 e. The zero-order valence-corrected chi connectivity index (χ0v) is 19.7. The number of nitrogens with one attached hydrogen (secondary N) is 2. The maximum Gasteiger partial charge on any atom is 0.215 e. The average Bonchev–Trinajstić information content (AvgIpc) is 3.31. The molecular weight excluding hydrogens is 452 g/mol. The SMILES string of the molecule is Cc1cn2c(Nc3cc(C4CC4)[nH]n3)nc(-c3cnn(Cc4ccc(-n5cccn5)cc4)c3)cc2n1. The Kier molecular flexibility index (Phi) is 4.69. The summed E-state index contributed by atoms with van der Waals surface area (Å²) in [4.78, 5) is 9.57. The van der Waals surface area contributed by atoms with Gasteiger partial charge in [-0.3, -0.25) is 14.2 Å². The van der Waals surface area contributed by atoms with E-state index >= 15 is 0 Å². The second kappa shape index (κ2) is 8.19. The van der Waals surface area contributed by atoms with Crippen LogP contribution in [0.2, 0.25) is 0 Å². The predicted octanol–water partition coefficient (Wildman–Crippen LogP) is 4.48. The van der Waals surface area contributed by atoms with E-state index in [1.807, 2.05) is 57.6 Å². The van der Waals surface area contributed by atoms with E-state index in [-0.39, 0.29) is 0 Å². The molecule has 0 atom stereocenters. The summed E-state index contributed by atoms with van der Waals surface area (Å²) in [5, 5.41) is 19.8. The first-order valence-corrected chi connectivity index (χ1v) is 12.0. The van der Waals surface area contributed by atoms with Gasteiger partial charge >= 0.3 is 0 Å². The van der Waals surface area contributed by atoms with Crippen LogP contribution in [0.25, 0.3) is 22.6 Å². The van der Waals surface area contributed by atoms with E-state index in [0.29, 0.717) is 18.4 Å². The topological polar surface area (TPSA) is 107 Å². The smallest absolute Gasteiger partial charge is 0.215 e. The van der Waals surface area contributed by atoms with Gasteiger partial charge in [-0.15, -0.1) is 0 Å². The van der Waals surface area contributed by atoms with E-state index in [9.17, 15) is 0 Å². The summed E-state index contributed by atoms with van der Waals surface area (Å²) in [6.07, 6.45) is 12.0. The van der Waals surface area contributed by atoms with E-state index < -0.39 is 0 Å². The Balaban J connectivity index is 1.16. The second-order valence-electron chi connectivity index (χ2n) is 9.23. The lowest BCUT2D eigenvalue weighted by molar-refractivity contribution is 0.686. The molecule has 0 amide bonds. The van der Waals surface area contributed by atoms with E-state index in [4.69, 9.17) is 4.98 Å². The molecule has 5 heterocycles. The van der Waals surface area contributed by atoms with Gasteiger partial charge in [0.25, 0.3) is 0 Å². The molecule has 1 aliphatic carbocycles. The summed E-state index contributed by atoms with van der Waals surface area (Å²) in [5.74, 6) is 2.03. The Labute approximate surface area is 206 Å². The standard InChI is InChI=1S/C26H24N10/c1-17-14-35-25(29-17)12-22(30-26(35)31-24-11-23(32-33-24)19-5-6-19)20-13-28-34(16-20)15-18-3-7-21(8-4-18)36-10-2-9-27-36/h2-4,7-14,16,19H,5-6,15H2,1H3,(H2,30,31,32,33). The van der Waals surface area contributed by atoms with Crippen molar-refractivity contribution in [1.82, 2.24) is 44.1 Å². The molecule has 178 valence electrons. The Morgan fingerprint density at radius 1 is 1.06 bits per heavy atom. The molecule has 1 aliphatic rings. The minimum absolute atomic E-state index is 0.607. The highest BCUT2D eigenvalue weighted by Crippen LogP contribution is 2.39. The first kappa shape index (κ1) is 20.6. The molecular formula is C26H24N10. The third-order valence-electron chi connectivity index (χ3n) is 6.41. The molecule has 10 nitrogen and oxygen atoms in total. The molecule has 2 N–H and O–H groups in total. The molecule has 1 saturated carbocycles. The maximum absolute atomic E-state index is 4.90. The van der Waals surface area contributed by atoms with Crippen molar-refractivity contribution in [1.29, 1.82) is 0 Å². The summed E-state index contributed by atoms with van der Waals surface area (Å²) in [5.41, 5.74) is 6.82. The van der Waals surface area contributed by atoms with Crippen LogP contribution < -0.4 is 5.32 Å². The molecule has 6 aromatic rings. The number of benzene rings is 1. The van der Waals surface area contributed by atoms with Gasteiger partial charge in [-0.2, -0.15) is 15.3 Å². The Morgan fingerprint density at radius 3 is 2.75 bits per heavy atom. The summed E-state index contributed by atoms with van der Waals surface area (Å²) < 4.78 is 5.72. The van der Waals surface area contributed by atoms with Gasteiger partial charge in [0.05, 0.1) is 29.8 Å². The van der Waals surface area contributed by atoms with Crippen molar-refractivity contribution in [2.24, 2.45) is 0 Å². The number of fused-ring (bicyclic) bond motifs is 1. The zero-order chi connectivity index (χ0) is 24.1. The van der Waals surface area contributed by atoms with Gasteiger partial charge < -0.3 is 5.32 Å². The third kappa shape index (κ3) is 3.92. The number of hydrogen-bond acceptors (Lipinski definition) is 6. The normalized spacial score (nSPS) is 13.5. The first-order chi connectivity index (χ1) is 17.7. The number of hydrogen-bond donors (Lipinski definition) is 2. The first-order valence-electron chi connectivity index (χ1n) is 12.0. The predicted molar refractivity (Wildman–Crippen MR) is 135 cm³/mol. The van der Waals surface area contributed by atoms with E-state index in [2.05, 4.69) is 61.0 Å². The molecule has 1 aromatic carbocycles. The van der Waals surface area contributed by atoms with Crippen LogP contribution in [0.15, 0.2) is 73.4 Å². The van der Waals surface area contributed by atoms with E-state index in [1.54, 1.807) is 6.20 Å². The van der Waals surface area contributed by atoms with Gasteiger partial charge in [-0.05, 0) is 43.5 Å². The van der Waals surface area contributed by atoms with Crippen LogP contribution >= 0.6 is 0 Å². The number of aryl methyl sites for hydroxylation is 1. The number of H-pyrrole nitrogens is 1. The van der Waals surface area contributed by atoms with Crippen LogP contribution in [0, 0.1) is 6.92 Å². The molecule has 5 aromatic heterocycles. The lowest BCUT2D eigenvalue weighted by atomic mass is 10.2. The molecule has 0 unspecified atom stereocenters. The molecule has 7 rings (SSSR count). The molecule has 0 radical (unpaired) electrons. The Morgan fingerprint density at radius 2 is 1.94 bits per heavy atom. The number of nitrogens with zero attached hydrogens (tertiary/aromatic N) is 8. The van der Waals surface area contributed by atoms with Crippen molar-refractivity contribution >= 4 is 17.4 Å². The van der Waals surface area contributed by atoms with Gasteiger partial charge in [-0.1, -0.05) is 12.1 Å². The van der Waals surface area contributed by atoms with Gasteiger partial charge in [0.2, 0.25) is 5.95 Å². The minimum atomic E-state index is 0.607. The van der Waals surface area contributed by atoms with Crippen molar-refractivity contribution in [3.8, 4) is 16.9 Å². The van der Waals surface area contributed by atoms with Crippen LogP contribution in [0.4, 0.5) is 11.8 Å². The highest BCUT2D eigenvalue weighted by molar-refractivity contribution is 5.66. The summed E-state index contributed by atoms with van der Waals surface area (Å²) >= 11 is 0. The van der Waals surface area contributed by atoms with E-state index in [1.165, 1.54) is 18.5 Å². The van der Waals surface area contributed by atoms with Crippen LogP contribution in [0.5, 0.6) is 0 Å². The molecule has 36 heavy (non-hydrogen) atoms. The van der Waals surface area contributed by atoms with Crippen molar-refractivity contribution in [3.05, 3.63) is 90.4 Å². The van der Waals surface area contributed by atoms with Crippen molar-refractivity contribution in [2.75, 3.05) is 5.32 Å². The number of rotatable bonds is 7. The Bertz CT molecular complexity index is 1650. The fraction of sp³-hybridized carbons (Fsp3) is 0.192.